The summed E-state index contributed by atoms with van der Waals surface area (Å²) in [5, 5.41) is 3.07. The first kappa shape index (κ1) is 20.6. The Hall–Kier alpha value is -1.69. The minimum Gasteiger partial charge on any atom is -0.340 e. The molecule has 1 N–H and O–H groups in total. The highest BCUT2D eigenvalue weighted by Crippen LogP contribution is 2.25. The van der Waals surface area contributed by atoms with Crippen LogP contribution in [0.25, 0.3) is 0 Å². The number of hydrogen-bond donors (Lipinski definition) is 1. The fraction of sp³-hybridized carbons (Fsp3) is 0.600. The molecule has 0 aliphatic carbocycles. The summed E-state index contributed by atoms with van der Waals surface area (Å²) in [6, 6.07) is 10.3. The summed E-state index contributed by atoms with van der Waals surface area (Å²) in [4.78, 5) is 28.0. The second-order valence-electron chi connectivity index (χ2n) is 7.45. The predicted molar refractivity (Wildman–Crippen MR) is 108 cm³/mol. The molecule has 0 aromatic heterocycles. The van der Waals surface area contributed by atoms with E-state index >= 15 is 0 Å². The molecular weight excluding hydrogens is 346 g/mol. The van der Waals surface area contributed by atoms with Crippen LogP contribution >= 0.6 is 11.8 Å². The normalized spacial score (nSPS) is 19.7. The van der Waals surface area contributed by atoms with Crippen molar-refractivity contribution < 1.29 is 9.59 Å². The van der Waals surface area contributed by atoms with E-state index in [9.17, 15) is 9.59 Å². The van der Waals surface area contributed by atoms with E-state index in [0.717, 1.165) is 18.1 Å². The molecule has 2 atom stereocenters. The number of rotatable bonds is 7. The molecule has 26 heavy (non-hydrogen) atoms. The summed E-state index contributed by atoms with van der Waals surface area (Å²) < 4.78 is 0. The Bertz CT molecular complexity index is 592. The van der Waals surface area contributed by atoms with Crippen LogP contribution < -0.4 is 5.32 Å². The molecule has 0 spiro atoms. The molecule has 5 nitrogen and oxygen atoms in total. The zero-order valence-electron chi connectivity index (χ0n) is 16.3. The Morgan fingerprint density at radius 3 is 2.54 bits per heavy atom. The summed E-state index contributed by atoms with van der Waals surface area (Å²) in [7, 11) is 3.48. The maximum Gasteiger partial charge on any atom is 0.317 e. The minimum atomic E-state index is -0.0895. The van der Waals surface area contributed by atoms with Gasteiger partial charge < -0.3 is 15.1 Å². The summed E-state index contributed by atoms with van der Waals surface area (Å²) in [5.74, 6) is 2.68. The van der Waals surface area contributed by atoms with Crippen LogP contribution in [0, 0.1) is 11.8 Å². The van der Waals surface area contributed by atoms with Crippen LogP contribution in [0.5, 0.6) is 0 Å². The van der Waals surface area contributed by atoms with Crippen molar-refractivity contribution >= 4 is 23.7 Å². The third-order valence-electron chi connectivity index (χ3n) is 4.86. The van der Waals surface area contributed by atoms with Gasteiger partial charge in [-0.2, -0.15) is 11.8 Å². The van der Waals surface area contributed by atoms with E-state index in [4.69, 9.17) is 0 Å². The lowest BCUT2D eigenvalue weighted by atomic mass is 9.91. The zero-order chi connectivity index (χ0) is 19.1. The van der Waals surface area contributed by atoms with Gasteiger partial charge >= 0.3 is 6.03 Å². The van der Waals surface area contributed by atoms with E-state index in [1.54, 1.807) is 30.8 Å². The second-order valence-corrected chi connectivity index (χ2v) is 8.55. The molecule has 3 amide bonds. The average molecular weight is 378 g/mol. The van der Waals surface area contributed by atoms with Gasteiger partial charge in [0.2, 0.25) is 5.91 Å². The van der Waals surface area contributed by atoms with Gasteiger partial charge in [-0.25, -0.2) is 4.79 Å². The first-order valence-electron chi connectivity index (χ1n) is 9.25. The van der Waals surface area contributed by atoms with Crippen LogP contribution in [0.2, 0.25) is 0 Å². The number of amides is 3. The summed E-state index contributed by atoms with van der Waals surface area (Å²) >= 11 is 1.79. The standard InChI is InChI=1S/C20H31N3O2S/c1-15(2)17-12-23(13-18(17)21-20(25)22(3)4)19(24)10-11-26-14-16-8-6-5-7-9-16/h5-9,15,17-18H,10-14H2,1-4H3,(H,21,25)/t17-,18+/m0/s1. The predicted octanol–water partition coefficient (Wildman–Crippen LogP) is 3.06. The first-order chi connectivity index (χ1) is 12.4. The molecule has 0 saturated carbocycles. The lowest BCUT2D eigenvalue weighted by Gasteiger charge is -2.24. The van der Waals surface area contributed by atoms with Crippen LogP contribution in [-0.4, -0.2) is 60.7 Å². The number of likely N-dealkylation sites (tertiary alicyclic amines) is 1. The molecule has 144 valence electrons. The molecule has 1 aliphatic heterocycles. The maximum absolute atomic E-state index is 12.6. The summed E-state index contributed by atoms with van der Waals surface area (Å²) in [6.07, 6.45) is 0.552. The lowest BCUT2D eigenvalue weighted by molar-refractivity contribution is -0.129. The highest BCUT2D eigenvalue weighted by atomic mass is 32.2. The number of nitrogens with one attached hydrogen (secondary N) is 1. The van der Waals surface area contributed by atoms with Crippen molar-refractivity contribution in [2.75, 3.05) is 32.9 Å². The monoisotopic (exact) mass is 377 g/mol. The van der Waals surface area contributed by atoms with Gasteiger partial charge in [-0.05, 0) is 11.5 Å². The molecule has 1 saturated heterocycles. The Morgan fingerprint density at radius 1 is 1.23 bits per heavy atom. The van der Waals surface area contributed by atoms with Crippen molar-refractivity contribution in [3.63, 3.8) is 0 Å². The molecule has 0 unspecified atom stereocenters. The Balaban J connectivity index is 1.80. The quantitative estimate of drug-likeness (QED) is 0.743. The fourth-order valence-electron chi connectivity index (χ4n) is 3.23. The highest BCUT2D eigenvalue weighted by molar-refractivity contribution is 7.98. The van der Waals surface area contributed by atoms with Crippen molar-refractivity contribution in [1.82, 2.24) is 15.1 Å². The molecule has 1 fully saturated rings. The Morgan fingerprint density at radius 2 is 1.92 bits per heavy atom. The average Bonchev–Trinajstić information content (AvgIpc) is 3.03. The fourth-order valence-corrected chi connectivity index (χ4v) is 4.12. The van der Waals surface area contributed by atoms with Gasteiger partial charge in [0, 0.05) is 51.0 Å². The smallest absolute Gasteiger partial charge is 0.317 e. The number of hydrogen-bond acceptors (Lipinski definition) is 3. The Kier molecular flexibility index (Phi) is 7.82. The molecule has 0 radical (unpaired) electrons. The van der Waals surface area contributed by atoms with Crippen molar-refractivity contribution in [2.45, 2.75) is 32.1 Å². The van der Waals surface area contributed by atoms with Gasteiger partial charge in [-0.3, -0.25) is 4.79 Å². The molecule has 1 aliphatic rings. The SMILES string of the molecule is CC(C)[C@@H]1CN(C(=O)CCSCc2ccccc2)C[C@H]1NC(=O)N(C)C. The molecule has 0 bridgehead atoms. The van der Waals surface area contributed by atoms with Gasteiger partial charge in [-0.1, -0.05) is 44.2 Å². The highest BCUT2D eigenvalue weighted by Gasteiger charge is 2.37. The summed E-state index contributed by atoms with van der Waals surface area (Å²) in [5.41, 5.74) is 1.29. The van der Waals surface area contributed by atoms with E-state index in [-0.39, 0.29) is 18.0 Å². The van der Waals surface area contributed by atoms with Crippen molar-refractivity contribution in [3.05, 3.63) is 35.9 Å². The molecule has 1 aromatic carbocycles. The van der Waals surface area contributed by atoms with E-state index < -0.39 is 0 Å². The van der Waals surface area contributed by atoms with Crippen LogP contribution in [0.15, 0.2) is 30.3 Å². The largest absolute Gasteiger partial charge is 0.340 e. The molecule has 1 heterocycles. The molecule has 1 aromatic rings. The zero-order valence-corrected chi connectivity index (χ0v) is 17.1. The lowest BCUT2D eigenvalue weighted by Crippen LogP contribution is -2.46. The van der Waals surface area contributed by atoms with Crippen molar-refractivity contribution in [2.24, 2.45) is 11.8 Å². The van der Waals surface area contributed by atoms with Crippen LogP contribution in [-0.2, 0) is 10.5 Å². The van der Waals surface area contributed by atoms with Crippen LogP contribution in [0.4, 0.5) is 4.79 Å². The molecule has 6 heteroatoms. The number of thioether (sulfide) groups is 1. The number of carbonyl (C=O) groups excluding carboxylic acids is 2. The third-order valence-corrected chi connectivity index (χ3v) is 5.89. The summed E-state index contributed by atoms with van der Waals surface area (Å²) in [6.45, 7) is 5.66. The number of urea groups is 1. The van der Waals surface area contributed by atoms with Crippen molar-refractivity contribution in [1.29, 1.82) is 0 Å². The third kappa shape index (κ3) is 5.94. The van der Waals surface area contributed by atoms with E-state index in [1.807, 2.05) is 23.1 Å². The van der Waals surface area contributed by atoms with Gasteiger partial charge in [0.15, 0.2) is 0 Å². The van der Waals surface area contributed by atoms with E-state index in [1.165, 1.54) is 5.56 Å². The van der Waals surface area contributed by atoms with E-state index in [0.29, 0.717) is 24.8 Å². The number of carbonyl (C=O) groups is 2. The van der Waals surface area contributed by atoms with Gasteiger partial charge in [0.25, 0.3) is 0 Å². The Labute approximate surface area is 161 Å². The van der Waals surface area contributed by atoms with Crippen molar-refractivity contribution in [3.8, 4) is 0 Å². The van der Waals surface area contributed by atoms with Crippen LogP contribution in [0.1, 0.15) is 25.8 Å². The second kappa shape index (κ2) is 9.86. The van der Waals surface area contributed by atoms with Gasteiger partial charge in [0.05, 0.1) is 6.04 Å². The van der Waals surface area contributed by atoms with Crippen LogP contribution in [0.3, 0.4) is 0 Å². The molecule has 2 rings (SSSR count). The number of benzene rings is 1. The van der Waals surface area contributed by atoms with Gasteiger partial charge in [-0.15, -0.1) is 0 Å². The van der Waals surface area contributed by atoms with E-state index in [2.05, 4.69) is 31.3 Å². The topological polar surface area (TPSA) is 52.7 Å². The maximum atomic E-state index is 12.6. The minimum absolute atomic E-state index is 0.0332. The first-order valence-corrected chi connectivity index (χ1v) is 10.4. The van der Waals surface area contributed by atoms with Gasteiger partial charge in [0.1, 0.15) is 0 Å². The molecular formula is C20H31N3O2S. The number of nitrogens with zero attached hydrogens (tertiary/aromatic N) is 2.